The van der Waals surface area contributed by atoms with Gasteiger partial charge < -0.3 is 9.47 Å². The Bertz CT molecular complexity index is 753. The first-order valence-corrected chi connectivity index (χ1v) is 9.07. The molecule has 128 valence electrons. The van der Waals surface area contributed by atoms with E-state index in [0.29, 0.717) is 12.1 Å². The number of amides is 1. The lowest BCUT2D eigenvalue weighted by Crippen LogP contribution is -2.47. The molecule has 0 saturated carbocycles. The maximum atomic E-state index is 11.9. The number of rotatable bonds is 3. The third kappa shape index (κ3) is 2.61. The normalized spacial score (nSPS) is 25.0. The second-order valence-corrected chi connectivity index (χ2v) is 7.18. The van der Waals surface area contributed by atoms with Crippen LogP contribution in [0.25, 0.3) is 11.0 Å². The predicted molar refractivity (Wildman–Crippen MR) is 94.6 cm³/mol. The number of aromatic nitrogens is 2. The Morgan fingerprint density at radius 2 is 1.92 bits per heavy atom. The van der Waals surface area contributed by atoms with E-state index in [1.54, 1.807) is 6.92 Å². The summed E-state index contributed by atoms with van der Waals surface area (Å²) in [6.45, 7) is 4.62. The van der Waals surface area contributed by atoms with Gasteiger partial charge in [-0.2, -0.15) is 0 Å². The van der Waals surface area contributed by atoms with Gasteiger partial charge in [0.25, 0.3) is 0 Å². The van der Waals surface area contributed by atoms with Crippen LogP contribution in [0.2, 0.25) is 0 Å². The van der Waals surface area contributed by atoms with Crippen molar-refractivity contribution in [2.45, 2.75) is 51.2 Å². The minimum absolute atomic E-state index is 0.229. The molecule has 1 amide bonds. The SMILES string of the molecule is CC(=O)N1CCC[C@@H]1[C@@H]1CCCN1Cc1nc2ccccc2n1C. The number of carbonyl (C=O) groups excluding carboxylic acids is 1. The van der Waals surface area contributed by atoms with Gasteiger partial charge in [-0.25, -0.2) is 4.98 Å². The Kier molecular flexibility index (Phi) is 4.04. The van der Waals surface area contributed by atoms with Crippen LogP contribution in [0.5, 0.6) is 0 Å². The molecule has 2 aliphatic heterocycles. The first-order valence-electron chi connectivity index (χ1n) is 9.07. The molecule has 4 rings (SSSR count). The van der Waals surface area contributed by atoms with Gasteiger partial charge in [0.15, 0.2) is 0 Å². The van der Waals surface area contributed by atoms with E-state index in [4.69, 9.17) is 4.98 Å². The molecule has 0 radical (unpaired) electrons. The molecule has 5 nitrogen and oxygen atoms in total. The van der Waals surface area contributed by atoms with Gasteiger partial charge in [0.2, 0.25) is 5.91 Å². The van der Waals surface area contributed by atoms with E-state index in [9.17, 15) is 4.79 Å². The molecule has 0 N–H and O–H groups in total. The van der Waals surface area contributed by atoms with Crippen molar-refractivity contribution in [2.24, 2.45) is 7.05 Å². The molecule has 2 saturated heterocycles. The molecule has 1 aromatic heterocycles. The minimum Gasteiger partial charge on any atom is -0.338 e. The fraction of sp³-hybridized carbons (Fsp3) is 0.579. The topological polar surface area (TPSA) is 41.4 Å². The Morgan fingerprint density at radius 1 is 1.17 bits per heavy atom. The number of para-hydroxylation sites is 2. The zero-order valence-electron chi connectivity index (χ0n) is 14.6. The highest BCUT2D eigenvalue weighted by Gasteiger charge is 2.39. The summed E-state index contributed by atoms with van der Waals surface area (Å²) in [5.41, 5.74) is 2.26. The Hall–Kier alpha value is -1.88. The zero-order valence-corrected chi connectivity index (χ0v) is 14.6. The highest BCUT2D eigenvalue weighted by atomic mass is 16.2. The van der Waals surface area contributed by atoms with Gasteiger partial charge in [0.05, 0.1) is 17.6 Å². The number of aryl methyl sites for hydroxylation is 1. The molecule has 3 heterocycles. The van der Waals surface area contributed by atoms with E-state index >= 15 is 0 Å². The maximum absolute atomic E-state index is 11.9. The average molecular weight is 326 g/mol. The summed E-state index contributed by atoms with van der Waals surface area (Å²) < 4.78 is 2.21. The van der Waals surface area contributed by atoms with E-state index in [2.05, 4.69) is 39.6 Å². The fourth-order valence-corrected chi connectivity index (χ4v) is 4.59. The Labute approximate surface area is 143 Å². The van der Waals surface area contributed by atoms with Crippen LogP contribution in [0, 0.1) is 0 Å². The van der Waals surface area contributed by atoms with Crippen LogP contribution in [-0.4, -0.2) is 50.4 Å². The molecule has 2 aliphatic rings. The van der Waals surface area contributed by atoms with Crippen molar-refractivity contribution in [2.75, 3.05) is 13.1 Å². The number of carbonyl (C=O) groups is 1. The zero-order chi connectivity index (χ0) is 16.7. The smallest absolute Gasteiger partial charge is 0.219 e. The summed E-state index contributed by atoms with van der Waals surface area (Å²) in [5, 5.41) is 0. The van der Waals surface area contributed by atoms with Crippen molar-refractivity contribution >= 4 is 16.9 Å². The number of hydrogen-bond donors (Lipinski definition) is 0. The number of hydrogen-bond acceptors (Lipinski definition) is 3. The largest absolute Gasteiger partial charge is 0.338 e. The monoisotopic (exact) mass is 326 g/mol. The molecule has 0 bridgehead atoms. The molecular formula is C19H26N4O. The quantitative estimate of drug-likeness (QED) is 0.870. The summed E-state index contributed by atoms with van der Waals surface area (Å²) in [6.07, 6.45) is 4.69. The van der Waals surface area contributed by atoms with Gasteiger partial charge in [0.1, 0.15) is 5.82 Å². The number of nitrogens with zero attached hydrogens (tertiary/aromatic N) is 4. The summed E-state index contributed by atoms with van der Waals surface area (Å²) in [7, 11) is 2.10. The van der Waals surface area contributed by atoms with Gasteiger partial charge in [0, 0.05) is 32.6 Å². The first-order chi connectivity index (χ1) is 11.6. The van der Waals surface area contributed by atoms with Crippen molar-refractivity contribution in [3.05, 3.63) is 30.1 Å². The van der Waals surface area contributed by atoms with Crippen molar-refractivity contribution in [3.8, 4) is 0 Å². The van der Waals surface area contributed by atoms with Gasteiger partial charge >= 0.3 is 0 Å². The molecule has 24 heavy (non-hydrogen) atoms. The lowest BCUT2D eigenvalue weighted by atomic mass is 10.0. The van der Waals surface area contributed by atoms with Crippen molar-refractivity contribution in [1.29, 1.82) is 0 Å². The second-order valence-electron chi connectivity index (χ2n) is 7.18. The summed E-state index contributed by atoms with van der Waals surface area (Å²) >= 11 is 0. The average Bonchev–Trinajstić information content (AvgIpc) is 3.27. The second kappa shape index (κ2) is 6.20. The molecule has 2 aromatic rings. The molecular weight excluding hydrogens is 300 g/mol. The lowest BCUT2D eigenvalue weighted by molar-refractivity contribution is -0.130. The van der Waals surface area contributed by atoms with E-state index in [1.165, 1.54) is 18.4 Å². The van der Waals surface area contributed by atoms with Crippen molar-refractivity contribution in [3.63, 3.8) is 0 Å². The summed E-state index contributed by atoms with van der Waals surface area (Å²) in [6, 6.07) is 9.18. The van der Waals surface area contributed by atoms with Crippen LogP contribution in [-0.2, 0) is 18.4 Å². The lowest BCUT2D eigenvalue weighted by Gasteiger charge is -2.34. The van der Waals surface area contributed by atoms with Crippen LogP contribution in [0.15, 0.2) is 24.3 Å². The molecule has 5 heteroatoms. The molecule has 0 spiro atoms. The van der Waals surface area contributed by atoms with E-state index in [1.807, 2.05) is 6.07 Å². The van der Waals surface area contributed by atoms with Crippen molar-refractivity contribution in [1.82, 2.24) is 19.4 Å². The minimum atomic E-state index is 0.229. The number of fused-ring (bicyclic) bond motifs is 1. The molecule has 2 fully saturated rings. The third-order valence-corrected chi connectivity index (χ3v) is 5.79. The number of imidazole rings is 1. The number of benzene rings is 1. The summed E-state index contributed by atoms with van der Waals surface area (Å²) in [5.74, 6) is 1.35. The predicted octanol–water partition coefficient (Wildman–Crippen LogP) is 2.55. The van der Waals surface area contributed by atoms with Gasteiger partial charge in [-0.05, 0) is 44.4 Å². The van der Waals surface area contributed by atoms with E-state index < -0.39 is 0 Å². The Balaban J connectivity index is 1.56. The highest BCUT2D eigenvalue weighted by Crippen LogP contribution is 2.31. The van der Waals surface area contributed by atoms with Crippen LogP contribution >= 0.6 is 0 Å². The van der Waals surface area contributed by atoms with Crippen LogP contribution in [0.1, 0.15) is 38.4 Å². The van der Waals surface area contributed by atoms with Crippen molar-refractivity contribution < 1.29 is 4.79 Å². The number of likely N-dealkylation sites (tertiary alicyclic amines) is 2. The summed E-state index contributed by atoms with van der Waals surface area (Å²) in [4.78, 5) is 21.4. The first kappa shape index (κ1) is 15.6. The third-order valence-electron chi connectivity index (χ3n) is 5.79. The maximum Gasteiger partial charge on any atom is 0.219 e. The molecule has 0 aliphatic carbocycles. The molecule has 0 unspecified atom stereocenters. The highest BCUT2D eigenvalue weighted by molar-refractivity contribution is 5.75. The van der Waals surface area contributed by atoms with E-state index in [0.717, 1.165) is 43.8 Å². The van der Waals surface area contributed by atoms with Crippen LogP contribution < -0.4 is 0 Å². The van der Waals surface area contributed by atoms with Crippen LogP contribution in [0.3, 0.4) is 0 Å². The van der Waals surface area contributed by atoms with Crippen LogP contribution in [0.4, 0.5) is 0 Å². The standard InChI is InChI=1S/C19H26N4O/c1-14(24)23-12-6-10-18(23)17-9-5-11-22(17)13-19-20-15-7-3-4-8-16(15)21(19)2/h3-4,7-8,17-18H,5-6,9-13H2,1-2H3/t17-,18+/m0/s1. The molecule has 2 atom stereocenters. The van der Waals surface area contributed by atoms with E-state index in [-0.39, 0.29) is 5.91 Å². The van der Waals surface area contributed by atoms with Gasteiger partial charge in [-0.3, -0.25) is 9.69 Å². The van der Waals surface area contributed by atoms with Gasteiger partial charge in [-0.1, -0.05) is 12.1 Å². The fourth-order valence-electron chi connectivity index (χ4n) is 4.59. The van der Waals surface area contributed by atoms with Gasteiger partial charge in [-0.15, -0.1) is 0 Å². The Morgan fingerprint density at radius 3 is 2.71 bits per heavy atom. The molecule has 1 aromatic carbocycles.